The lowest BCUT2D eigenvalue weighted by atomic mass is 10.1. The molecule has 0 aliphatic carbocycles. The molecule has 0 radical (unpaired) electrons. The molecule has 3 heteroatoms. The fourth-order valence-electron chi connectivity index (χ4n) is 1.25. The third-order valence-electron chi connectivity index (χ3n) is 1.77. The average molecular weight is 198 g/mol. The molecule has 0 bridgehead atoms. The van der Waals surface area contributed by atoms with Gasteiger partial charge >= 0.3 is 0 Å². The van der Waals surface area contributed by atoms with Crippen molar-refractivity contribution in [3.8, 4) is 0 Å². The normalized spacial score (nSPS) is 11.3. The van der Waals surface area contributed by atoms with Gasteiger partial charge in [-0.25, -0.2) is 4.98 Å². The summed E-state index contributed by atoms with van der Waals surface area (Å²) in [6.07, 6.45) is 0. The Morgan fingerprint density at radius 2 is 1.85 bits per heavy atom. The van der Waals surface area contributed by atoms with Crippen LogP contribution in [0.5, 0.6) is 0 Å². The number of hydrogen-bond donors (Lipinski definition) is 1. The highest BCUT2D eigenvalue weighted by Gasteiger charge is 2.10. The second-order valence-corrected chi connectivity index (χ2v) is 4.95. The Bertz CT molecular complexity index is 276. The van der Waals surface area contributed by atoms with Crippen molar-refractivity contribution in [2.24, 2.45) is 0 Å². The van der Waals surface area contributed by atoms with Gasteiger partial charge in [-0.2, -0.15) is 0 Å². The molecular formula is C10H18N2S. The molecule has 74 valence electrons. The van der Waals surface area contributed by atoms with Crippen molar-refractivity contribution >= 4 is 16.5 Å². The van der Waals surface area contributed by atoms with Gasteiger partial charge in [-0.3, -0.25) is 0 Å². The molecule has 1 aromatic heterocycles. The van der Waals surface area contributed by atoms with Gasteiger partial charge in [0.15, 0.2) is 5.13 Å². The Labute approximate surface area is 84.4 Å². The van der Waals surface area contributed by atoms with E-state index >= 15 is 0 Å². The molecule has 0 aliphatic heterocycles. The molecule has 0 atom stereocenters. The number of nitrogens with zero attached hydrogens (tertiary/aromatic N) is 1. The summed E-state index contributed by atoms with van der Waals surface area (Å²) in [7, 11) is 0. The van der Waals surface area contributed by atoms with Gasteiger partial charge in [0.2, 0.25) is 0 Å². The molecule has 0 amide bonds. The van der Waals surface area contributed by atoms with Crippen molar-refractivity contribution in [2.45, 2.75) is 46.6 Å². The molecule has 2 nitrogen and oxygen atoms in total. The first-order chi connectivity index (χ1) is 6.00. The smallest absolute Gasteiger partial charge is 0.183 e. The van der Waals surface area contributed by atoms with Gasteiger partial charge in [0.25, 0.3) is 0 Å². The third kappa shape index (κ3) is 2.69. The third-order valence-corrected chi connectivity index (χ3v) is 3.16. The van der Waals surface area contributed by atoms with Crippen LogP contribution in [0.15, 0.2) is 0 Å². The lowest BCUT2D eigenvalue weighted by molar-refractivity contribution is 0.870. The predicted molar refractivity (Wildman–Crippen MR) is 59.7 cm³/mol. The Morgan fingerprint density at radius 1 is 1.23 bits per heavy atom. The maximum absolute atomic E-state index is 4.48. The first-order valence-corrected chi connectivity index (χ1v) is 5.56. The van der Waals surface area contributed by atoms with Crippen molar-refractivity contribution in [3.63, 3.8) is 0 Å². The summed E-state index contributed by atoms with van der Waals surface area (Å²) in [6.45, 7) is 10.8. The first-order valence-electron chi connectivity index (χ1n) is 4.74. The van der Waals surface area contributed by atoms with Crippen molar-refractivity contribution < 1.29 is 0 Å². The number of anilines is 1. The van der Waals surface area contributed by atoms with Gasteiger partial charge in [-0.15, -0.1) is 11.3 Å². The summed E-state index contributed by atoms with van der Waals surface area (Å²) in [6, 6.07) is 0.463. The van der Waals surface area contributed by atoms with Crippen LogP contribution >= 0.6 is 11.3 Å². The van der Waals surface area contributed by atoms with E-state index in [1.54, 1.807) is 11.3 Å². The highest BCUT2D eigenvalue weighted by Crippen LogP contribution is 2.29. The Balaban J connectivity index is 2.82. The minimum absolute atomic E-state index is 0.463. The maximum Gasteiger partial charge on any atom is 0.183 e. The van der Waals surface area contributed by atoms with E-state index in [1.807, 2.05) is 0 Å². The van der Waals surface area contributed by atoms with E-state index < -0.39 is 0 Å². The number of aryl methyl sites for hydroxylation is 1. The largest absolute Gasteiger partial charge is 0.359 e. The second-order valence-electron chi connectivity index (χ2n) is 3.92. The lowest BCUT2D eigenvalue weighted by Gasteiger charge is -2.04. The summed E-state index contributed by atoms with van der Waals surface area (Å²) in [5.74, 6) is 0.584. The summed E-state index contributed by atoms with van der Waals surface area (Å²) >= 11 is 1.77. The van der Waals surface area contributed by atoms with Crippen molar-refractivity contribution in [2.75, 3.05) is 5.32 Å². The zero-order valence-electron chi connectivity index (χ0n) is 9.01. The first kappa shape index (κ1) is 10.5. The van der Waals surface area contributed by atoms with Crippen molar-refractivity contribution in [1.82, 2.24) is 4.98 Å². The van der Waals surface area contributed by atoms with Gasteiger partial charge in [-0.05, 0) is 26.7 Å². The minimum atomic E-state index is 0.463. The van der Waals surface area contributed by atoms with Gasteiger partial charge in [0, 0.05) is 10.9 Å². The van der Waals surface area contributed by atoms with Crippen LogP contribution in [0.4, 0.5) is 5.13 Å². The monoisotopic (exact) mass is 198 g/mol. The molecule has 0 aromatic carbocycles. The molecule has 1 rings (SSSR count). The molecule has 0 unspecified atom stereocenters. The summed E-state index contributed by atoms with van der Waals surface area (Å²) < 4.78 is 0. The highest BCUT2D eigenvalue weighted by atomic mass is 32.1. The molecule has 0 saturated heterocycles. The molecule has 0 aliphatic rings. The van der Waals surface area contributed by atoms with Crippen LogP contribution in [-0.4, -0.2) is 11.0 Å². The van der Waals surface area contributed by atoms with E-state index in [2.05, 4.69) is 44.9 Å². The lowest BCUT2D eigenvalue weighted by Crippen LogP contribution is -2.08. The van der Waals surface area contributed by atoms with E-state index in [1.165, 1.54) is 10.6 Å². The quantitative estimate of drug-likeness (QED) is 0.805. The van der Waals surface area contributed by atoms with Gasteiger partial charge in [-0.1, -0.05) is 13.8 Å². The molecule has 13 heavy (non-hydrogen) atoms. The second kappa shape index (κ2) is 4.09. The van der Waals surface area contributed by atoms with E-state index in [0.717, 1.165) is 5.13 Å². The highest BCUT2D eigenvalue weighted by molar-refractivity contribution is 7.15. The van der Waals surface area contributed by atoms with Crippen LogP contribution in [0.25, 0.3) is 0 Å². The van der Waals surface area contributed by atoms with E-state index in [4.69, 9.17) is 0 Å². The Kier molecular flexibility index (Phi) is 3.31. The molecule has 1 aromatic rings. The minimum Gasteiger partial charge on any atom is -0.359 e. The summed E-state index contributed by atoms with van der Waals surface area (Å²) in [5.41, 5.74) is 1.17. The number of rotatable bonds is 3. The number of thiazole rings is 1. The predicted octanol–water partition coefficient (Wildman–Crippen LogP) is 3.40. The molecule has 1 N–H and O–H groups in total. The van der Waals surface area contributed by atoms with Gasteiger partial charge in [0.05, 0.1) is 5.69 Å². The Morgan fingerprint density at radius 3 is 2.23 bits per heavy atom. The number of aromatic nitrogens is 1. The van der Waals surface area contributed by atoms with E-state index in [-0.39, 0.29) is 0 Å². The molecule has 0 spiro atoms. The Hall–Kier alpha value is -0.570. The summed E-state index contributed by atoms with van der Waals surface area (Å²) in [4.78, 5) is 5.87. The standard InChI is InChI=1S/C10H18N2S/c1-6(2)9-8(5)12-10(13-9)11-7(3)4/h6-7H,1-5H3,(H,11,12). The van der Waals surface area contributed by atoms with Gasteiger partial charge < -0.3 is 5.32 Å². The van der Waals surface area contributed by atoms with E-state index in [9.17, 15) is 0 Å². The van der Waals surface area contributed by atoms with Crippen LogP contribution < -0.4 is 5.32 Å². The zero-order chi connectivity index (χ0) is 10.0. The average Bonchev–Trinajstić information content (AvgIpc) is 2.29. The fourth-order valence-corrected chi connectivity index (χ4v) is 2.37. The van der Waals surface area contributed by atoms with E-state index in [0.29, 0.717) is 12.0 Å². The van der Waals surface area contributed by atoms with Crippen LogP contribution in [0.3, 0.4) is 0 Å². The van der Waals surface area contributed by atoms with Crippen LogP contribution in [-0.2, 0) is 0 Å². The number of nitrogens with one attached hydrogen (secondary N) is 1. The molecule has 1 heterocycles. The number of hydrogen-bond acceptors (Lipinski definition) is 3. The van der Waals surface area contributed by atoms with Crippen molar-refractivity contribution in [3.05, 3.63) is 10.6 Å². The molecular weight excluding hydrogens is 180 g/mol. The van der Waals surface area contributed by atoms with Crippen LogP contribution in [0.1, 0.15) is 44.2 Å². The fraction of sp³-hybridized carbons (Fsp3) is 0.700. The molecule has 0 saturated carbocycles. The summed E-state index contributed by atoms with van der Waals surface area (Å²) in [5, 5.41) is 4.38. The zero-order valence-corrected chi connectivity index (χ0v) is 9.83. The van der Waals surface area contributed by atoms with Crippen molar-refractivity contribution in [1.29, 1.82) is 0 Å². The topological polar surface area (TPSA) is 24.9 Å². The van der Waals surface area contributed by atoms with Gasteiger partial charge in [0.1, 0.15) is 0 Å². The van der Waals surface area contributed by atoms with Crippen LogP contribution in [0.2, 0.25) is 0 Å². The SMILES string of the molecule is Cc1nc(NC(C)C)sc1C(C)C. The molecule has 0 fully saturated rings. The maximum atomic E-state index is 4.48. The van der Waals surface area contributed by atoms with Crippen LogP contribution in [0, 0.1) is 6.92 Å².